The highest BCUT2D eigenvalue weighted by molar-refractivity contribution is 6.29. The molecule has 5 nitrogen and oxygen atoms in total. The lowest BCUT2D eigenvalue weighted by molar-refractivity contribution is -0.384. The third-order valence-electron chi connectivity index (χ3n) is 3.00. The SMILES string of the molecule is CC(C)CCCCCCNc1cc([N+](=O)[O-])cc(Cl)n1. The third-order valence-corrected chi connectivity index (χ3v) is 3.20. The maximum absolute atomic E-state index is 10.7. The van der Waals surface area contributed by atoms with Crippen molar-refractivity contribution in [1.82, 2.24) is 4.98 Å². The Bertz CT molecular complexity index is 438. The summed E-state index contributed by atoms with van der Waals surface area (Å²) in [6.07, 6.45) is 5.94. The lowest BCUT2D eigenvalue weighted by Gasteiger charge is -2.07. The lowest BCUT2D eigenvalue weighted by Crippen LogP contribution is -2.04. The van der Waals surface area contributed by atoms with Gasteiger partial charge in [-0.1, -0.05) is 51.1 Å². The molecule has 0 unspecified atom stereocenters. The predicted octanol–water partition coefficient (Wildman–Crippen LogP) is 4.66. The molecule has 0 fully saturated rings. The summed E-state index contributed by atoms with van der Waals surface area (Å²) in [5.41, 5.74) is -0.0376. The molecule has 0 radical (unpaired) electrons. The number of nitrogens with one attached hydrogen (secondary N) is 1. The largest absolute Gasteiger partial charge is 0.370 e. The molecule has 0 aliphatic rings. The number of nitrogens with zero attached hydrogens (tertiary/aromatic N) is 2. The molecule has 1 N–H and O–H groups in total. The van der Waals surface area contributed by atoms with Crippen LogP contribution in [0.5, 0.6) is 0 Å². The van der Waals surface area contributed by atoms with E-state index in [1.807, 2.05) is 0 Å². The molecular formula is C14H22ClN3O2. The smallest absolute Gasteiger partial charge is 0.276 e. The number of hydrogen-bond donors (Lipinski definition) is 1. The van der Waals surface area contributed by atoms with Crippen molar-refractivity contribution in [2.45, 2.75) is 46.0 Å². The van der Waals surface area contributed by atoms with Crippen molar-refractivity contribution in [2.75, 3.05) is 11.9 Å². The summed E-state index contributed by atoms with van der Waals surface area (Å²) in [4.78, 5) is 14.3. The second kappa shape index (κ2) is 8.74. The van der Waals surface area contributed by atoms with Crippen LogP contribution in [0.1, 0.15) is 46.0 Å². The zero-order valence-electron chi connectivity index (χ0n) is 12.1. The Morgan fingerprint density at radius 1 is 1.30 bits per heavy atom. The van der Waals surface area contributed by atoms with Crippen LogP contribution in [0.4, 0.5) is 11.5 Å². The number of hydrogen-bond acceptors (Lipinski definition) is 4. The van der Waals surface area contributed by atoms with Crippen LogP contribution in [0, 0.1) is 16.0 Å². The standard InChI is InChI=1S/C14H22ClN3O2/c1-11(2)7-5-3-4-6-8-16-14-10-12(18(19)20)9-13(15)17-14/h9-11H,3-8H2,1-2H3,(H,16,17). The minimum absolute atomic E-state index is 0.0376. The summed E-state index contributed by atoms with van der Waals surface area (Å²) in [6.45, 7) is 5.23. The first-order valence-electron chi connectivity index (χ1n) is 7.05. The first-order chi connectivity index (χ1) is 9.49. The summed E-state index contributed by atoms with van der Waals surface area (Å²) in [5.74, 6) is 1.23. The van der Waals surface area contributed by atoms with Gasteiger partial charge in [-0.2, -0.15) is 0 Å². The third kappa shape index (κ3) is 6.70. The Hall–Kier alpha value is -1.36. The molecule has 0 spiro atoms. The van der Waals surface area contributed by atoms with Gasteiger partial charge in [0.2, 0.25) is 0 Å². The van der Waals surface area contributed by atoms with Crippen LogP contribution in [0.15, 0.2) is 12.1 Å². The highest BCUT2D eigenvalue weighted by Crippen LogP contribution is 2.20. The van der Waals surface area contributed by atoms with E-state index in [1.54, 1.807) is 0 Å². The van der Waals surface area contributed by atoms with Crippen LogP contribution >= 0.6 is 11.6 Å². The van der Waals surface area contributed by atoms with Gasteiger partial charge in [0.1, 0.15) is 11.0 Å². The van der Waals surface area contributed by atoms with Crippen molar-refractivity contribution in [3.05, 3.63) is 27.4 Å². The van der Waals surface area contributed by atoms with E-state index in [2.05, 4.69) is 24.1 Å². The summed E-state index contributed by atoms with van der Waals surface area (Å²) >= 11 is 5.75. The number of nitro groups is 1. The Kier molecular flexibility index (Phi) is 7.30. The summed E-state index contributed by atoms with van der Waals surface area (Å²) in [7, 11) is 0. The highest BCUT2D eigenvalue weighted by Gasteiger charge is 2.09. The Balaban J connectivity index is 2.27. The van der Waals surface area contributed by atoms with E-state index in [4.69, 9.17) is 11.6 Å². The molecule has 0 atom stereocenters. The van der Waals surface area contributed by atoms with Gasteiger partial charge in [-0.05, 0) is 12.3 Å². The topological polar surface area (TPSA) is 68.1 Å². The number of unbranched alkanes of at least 4 members (excludes halogenated alkanes) is 3. The molecule has 1 rings (SSSR count). The van der Waals surface area contributed by atoms with Gasteiger partial charge < -0.3 is 5.32 Å². The Morgan fingerprint density at radius 2 is 2.00 bits per heavy atom. The lowest BCUT2D eigenvalue weighted by atomic mass is 10.0. The van der Waals surface area contributed by atoms with Crippen molar-refractivity contribution in [1.29, 1.82) is 0 Å². The van der Waals surface area contributed by atoms with Crippen LogP contribution in [-0.4, -0.2) is 16.5 Å². The van der Waals surface area contributed by atoms with Crippen LogP contribution in [0.2, 0.25) is 5.15 Å². The zero-order chi connectivity index (χ0) is 15.0. The van der Waals surface area contributed by atoms with Gasteiger partial charge in [0.25, 0.3) is 5.69 Å². The summed E-state index contributed by atoms with van der Waals surface area (Å²) in [6, 6.07) is 2.66. The molecule has 6 heteroatoms. The molecule has 0 amide bonds. The second-order valence-electron chi connectivity index (χ2n) is 5.31. The molecule has 1 aromatic rings. The Morgan fingerprint density at radius 3 is 2.65 bits per heavy atom. The van der Waals surface area contributed by atoms with Crippen molar-refractivity contribution in [2.24, 2.45) is 5.92 Å². The van der Waals surface area contributed by atoms with Gasteiger partial charge in [-0.25, -0.2) is 4.98 Å². The molecule has 0 aliphatic carbocycles. The molecule has 0 aromatic carbocycles. The van der Waals surface area contributed by atoms with E-state index >= 15 is 0 Å². The van der Waals surface area contributed by atoms with Crippen molar-refractivity contribution in [3.8, 4) is 0 Å². The molecule has 0 aliphatic heterocycles. The molecule has 0 saturated carbocycles. The fraction of sp³-hybridized carbons (Fsp3) is 0.643. The number of pyridine rings is 1. The number of rotatable bonds is 9. The fourth-order valence-corrected chi connectivity index (χ4v) is 2.13. The van der Waals surface area contributed by atoms with E-state index in [-0.39, 0.29) is 10.8 Å². The van der Waals surface area contributed by atoms with Gasteiger partial charge in [0.05, 0.1) is 17.1 Å². The number of halogens is 1. The van der Waals surface area contributed by atoms with Crippen LogP contribution in [-0.2, 0) is 0 Å². The quantitative estimate of drug-likeness (QED) is 0.311. The van der Waals surface area contributed by atoms with Gasteiger partial charge in [-0.15, -0.1) is 0 Å². The molecule has 112 valence electrons. The number of aromatic nitrogens is 1. The Labute approximate surface area is 124 Å². The second-order valence-corrected chi connectivity index (χ2v) is 5.70. The van der Waals surface area contributed by atoms with Crippen molar-refractivity contribution >= 4 is 23.1 Å². The fourth-order valence-electron chi connectivity index (χ4n) is 1.93. The molecule has 1 heterocycles. The van der Waals surface area contributed by atoms with E-state index in [1.165, 1.54) is 31.4 Å². The van der Waals surface area contributed by atoms with Crippen LogP contribution in [0.3, 0.4) is 0 Å². The van der Waals surface area contributed by atoms with Crippen molar-refractivity contribution < 1.29 is 4.92 Å². The van der Waals surface area contributed by atoms with E-state index in [9.17, 15) is 10.1 Å². The van der Waals surface area contributed by atoms with Gasteiger partial charge in [0, 0.05) is 6.54 Å². The minimum atomic E-state index is -0.468. The first kappa shape index (κ1) is 16.7. The van der Waals surface area contributed by atoms with Gasteiger partial charge in [0.15, 0.2) is 0 Å². The molecule has 1 aromatic heterocycles. The van der Waals surface area contributed by atoms with Gasteiger partial charge in [-0.3, -0.25) is 10.1 Å². The van der Waals surface area contributed by atoms with E-state index < -0.39 is 4.92 Å². The predicted molar refractivity (Wildman–Crippen MR) is 82.3 cm³/mol. The maximum Gasteiger partial charge on any atom is 0.276 e. The monoisotopic (exact) mass is 299 g/mol. The normalized spacial score (nSPS) is 10.8. The molecular weight excluding hydrogens is 278 g/mol. The highest BCUT2D eigenvalue weighted by atomic mass is 35.5. The van der Waals surface area contributed by atoms with Gasteiger partial charge >= 0.3 is 0 Å². The summed E-state index contributed by atoms with van der Waals surface area (Å²) in [5, 5.41) is 13.9. The average Bonchev–Trinajstić information content (AvgIpc) is 2.36. The zero-order valence-corrected chi connectivity index (χ0v) is 12.8. The van der Waals surface area contributed by atoms with E-state index in [0.717, 1.165) is 25.3 Å². The molecule has 20 heavy (non-hydrogen) atoms. The molecule has 0 saturated heterocycles. The number of anilines is 1. The maximum atomic E-state index is 10.7. The van der Waals surface area contributed by atoms with Crippen LogP contribution < -0.4 is 5.32 Å². The van der Waals surface area contributed by atoms with E-state index in [0.29, 0.717) is 5.82 Å². The first-order valence-corrected chi connectivity index (χ1v) is 7.42. The average molecular weight is 300 g/mol. The van der Waals surface area contributed by atoms with Crippen LogP contribution in [0.25, 0.3) is 0 Å². The van der Waals surface area contributed by atoms with Crippen molar-refractivity contribution in [3.63, 3.8) is 0 Å². The minimum Gasteiger partial charge on any atom is -0.370 e. The summed E-state index contributed by atoms with van der Waals surface area (Å²) < 4.78 is 0. The molecule has 0 bridgehead atoms.